The lowest BCUT2D eigenvalue weighted by Gasteiger charge is -2.12. The average molecular weight is 337 g/mol. The first kappa shape index (κ1) is 14.2. The summed E-state index contributed by atoms with van der Waals surface area (Å²) < 4.78 is 6.01. The molecule has 0 saturated carbocycles. The van der Waals surface area contributed by atoms with Gasteiger partial charge in [0.2, 0.25) is 0 Å². The van der Waals surface area contributed by atoms with Crippen molar-refractivity contribution in [3.63, 3.8) is 0 Å². The van der Waals surface area contributed by atoms with E-state index in [1.54, 1.807) is 13.2 Å². The van der Waals surface area contributed by atoms with E-state index in [2.05, 4.69) is 21.2 Å². The lowest BCUT2D eigenvalue weighted by Crippen LogP contribution is -2.01. The van der Waals surface area contributed by atoms with Gasteiger partial charge < -0.3 is 20.9 Å². The number of nitrogens with two attached hydrogens (primary N) is 1. The number of carboxylic acid groups (broad SMARTS) is 1. The van der Waals surface area contributed by atoms with E-state index in [-0.39, 0.29) is 5.56 Å². The van der Waals surface area contributed by atoms with Crippen LogP contribution in [0.5, 0.6) is 5.75 Å². The predicted octanol–water partition coefficient (Wildman–Crippen LogP) is 3.48. The molecule has 104 valence electrons. The van der Waals surface area contributed by atoms with Gasteiger partial charge in [0, 0.05) is 10.5 Å². The number of nitrogen functional groups attached to an aromatic ring is 1. The molecule has 0 atom stereocenters. The minimum absolute atomic E-state index is 0.151. The average Bonchev–Trinajstić information content (AvgIpc) is 2.43. The Morgan fingerprint density at radius 2 is 2.00 bits per heavy atom. The van der Waals surface area contributed by atoms with Crippen LogP contribution in [0.1, 0.15) is 10.4 Å². The maximum atomic E-state index is 10.9. The summed E-state index contributed by atoms with van der Waals surface area (Å²) in [5.74, 6) is -0.303. The third kappa shape index (κ3) is 3.03. The van der Waals surface area contributed by atoms with E-state index in [1.807, 2.05) is 18.2 Å². The highest BCUT2D eigenvalue weighted by Crippen LogP contribution is 2.32. The third-order valence-electron chi connectivity index (χ3n) is 2.74. The molecule has 0 spiro atoms. The highest BCUT2D eigenvalue weighted by atomic mass is 79.9. The number of carboxylic acids is 1. The van der Waals surface area contributed by atoms with Crippen molar-refractivity contribution in [2.75, 3.05) is 18.2 Å². The number of methoxy groups -OCH3 is 1. The molecule has 0 aromatic heterocycles. The number of hydrogen-bond acceptors (Lipinski definition) is 4. The summed E-state index contributed by atoms with van der Waals surface area (Å²) in [6.45, 7) is 0. The van der Waals surface area contributed by atoms with Crippen LogP contribution in [0.2, 0.25) is 0 Å². The summed E-state index contributed by atoms with van der Waals surface area (Å²) in [4.78, 5) is 10.9. The molecular formula is C14H13BrN2O3. The number of ether oxygens (including phenoxy) is 1. The maximum absolute atomic E-state index is 10.9. The molecule has 20 heavy (non-hydrogen) atoms. The molecule has 0 bridgehead atoms. The number of nitrogens with one attached hydrogen (secondary N) is 1. The highest BCUT2D eigenvalue weighted by Gasteiger charge is 2.08. The zero-order chi connectivity index (χ0) is 14.7. The molecule has 2 aromatic carbocycles. The van der Waals surface area contributed by atoms with Crippen molar-refractivity contribution in [3.8, 4) is 5.75 Å². The van der Waals surface area contributed by atoms with E-state index < -0.39 is 5.97 Å². The van der Waals surface area contributed by atoms with Gasteiger partial charge in [-0.3, -0.25) is 0 Å². The van der Waals surface area contributed by atoms with Crippen LogP contribution in [0.4, 0.5) is 17.1 Å². The second kappa shape index (κ2) is 5.83. The molecule has 6 heteroatoms. The Balaban J connectivity index is 2.32. The first-order valence-electron chi connectivity index (χ1n) is 5.74. The lowest BCUT2D eigenvalue weighted by molar-refractivity contribution is 0.0697. The number of anilines is 3. The Labute approximate surface area is 124 Å². The molecule has 0 radical (unpaired) electrons. The van der Waals surface area contributed by atoms with Gasteiger partial charge in [0.25, 0.3) is 0 Å². The number of carbonyl (C=O) groups is 1. The van der Waals surface area contributed by atoms with E-state index in [0.29, 0.717) is 17.1 Å². The normalized spacial score (nSPS) is 10.1. The van der Waals surface area contributed by atoms with Crippen molar-refractivity contribution < 1.29 is 14.6 Å². The van der Waals surface area contributed by atoms with Crippen molar-refractivity contribution >= 4 is 39.0 Å². The fourth-order valence-corrected chi connectivity index (χ4v) is 2.03. The van der Waals surface area contributed by atoms with Crippen LogP contribution >= 0.6 is 15.9 Å². The first-order valence-corrected chi connectivity index (χ1v) is 6.54. The van der Waals surface area contributed by atoms with Crippen LogP contribution in [0, 0.1) is 0 Å². The SMILES string of the molecule is COc1ccc(Br)c(Nc2ccc(C(=O)O)cc2N)c1. The van der Waals surface area contributed by atoms with Gasteiger partial charge in [0.15, 0.2) is 0 Å². The number of rotatable bonds is 4. The molecule has 0 amide bonds. The van der Waals surface area contributed by atoms with Crippen molar-refractivity contribution in [1.29, 1.82) is 0 Å². The Kier molecular flexibility index (Phi) is 4.14. The van der Waals surface area contributed by atoms with E-state index >= 15 is 0 Å². The summed E-state index contributed by atoms with van der Waals surface area (Å²) in [5.41, 5.74) is 7.77. The van der Waals surface area contributed by atoms with Crippen molar-refractivity contribution in [1.82, 2.24) is 0 Å². The molecule has 0 aliphatic rings. The highest BCUT2D eigenvalue weighted by molar-refractivity contribution is 9.10. The number of halogens is 1. The van der Waals surface area contributed by atoms with Crippen LogP contribution in [0.15, 0.2) is 40.9 Å². The number of aromatic carboxylic acids is 1. The second-order valence-corrected chi connectivity index (χ2v) is 4.93. The Morgan fingerprint density at radius 1 is 1.25 bits per heavy atom. The zero-order valence-electron chi connectivity index (χ0n) is 10.7. The summed E-state index contributed by atoms with van der Waals surface area (Å²) >= 11 is 3.43. The Hall–Kier alpha value is -2.21. The van der Waals surface area contributed by atoms with Crippen LogP contribution in [-0.2, 0) is 0 Å². The van der Waals surface area contributed by atoms with Crippen molar-refractivity contribution in [2.24, 2.45) is 0 Å². The molecule has 0 unspecified atom stereocenters. The maximum Gasteiger partial charge on any atom is 0.335 e. The summed E-state index contributed by atoms with van der Waals surface area (Å²) in [7, 11) is 1.59. The van der Waals surface area contributed by atoms with Gasteiger partial charge in [-0.15, -0.1) is 0 Å². The van der Waals surface area contributed by atoms with Gasteiger partial charge in [0.05, 0.1) is 29.7 Å². The first-order chi connectivity index (χ1) is 9.51. The summed E-state index contributed by atoms with van der Waals surface area (Å²) in [6.07, 6.45) is 0. The van der Waals surface area contributed by atoms with E-state index in [1.165, 1.54) is 12.1 Å². The standard InChI is InChI=1S/C14H13BrN2O3/c1-20-9-3-4-10(15)13(7-9)17-12-5-2-8(14(18)19)6-11(12)16/h2-7,17H,16H2,1H3,(H,18,19). The fourth-order valence-electron chi connectivity index (χ4n) is 1.68. The minimum atomic E-state index is -1.01. The topological polar surface area (TPSA) is 84.6 Å². The van der Waals surface area contributed by atoms with E-state index in [9.17, 15) is 4.79 Å². The minimum Gasteiger partial charge on any atom is -0.497 e. The quantitative estimate of drug-likeness (QED) is 0.744. The van der Waals surface area contributed by atoms with Gasteiger partial charge in [0.1, 0.15) is 5.75 Å². The van der Waals surface area contributed by atoms with Crippen LogP contribution in [0.3, 0.4) is 0 Å². The van der Waals surface area contributed by atoms with Crippen molar-refractivity contribution in [3.05, 3.63) is 46.4 Å². The van der Waals surface area contributed by atoms with Gasteiger partial charge in [-0.2, -0.15) is 0 Å². The molecule has 0 heterocycles. The molecule has 2 aromatic rings. The van der Waals surface area contributed by atoms with Crippen LogP contribution in [0.25, 0.3) is 0 Å². The Bertz CT molecular complexity index is 659. The Morgan fingerprint density at radius 3 is 2.60 bits per heavy atom. The molecule has 0 aliphatic carbocycles. The van der Waals surface area contributed by atoms with Gasteiger partial charge in [-0.1, -0.05) is 0 Å². The molecule has 0 aliphatic heterocycles. The largest absolute Gasteiger partial charge is 0.497 e. The van der Waals surface area contributed by atoms with Crippen LogP contribution < -0.4 is 15.8 Å². The molecule has 5 nitrogen and oxygen atoms in total. The fraction of sp³-hybridized carbons (Fsp3) is 0.0714. The third-order valence-corrected chi connectivity index (χ3v) is 3.43. The lowest BCUT2D eigenvalue weighted by atomic mass is 10.1. The summed E-state index contributed by atoms with van der Waals surface area (Å²) in [5, 5.41) is 12.0. The molecule has 4 N–H and O–H groups in total. The molecule has 2 rings (SSSR count). The van der Waals surface area contributed by atoms with E-state index in [0.717, 1.165) is 10.2 Å². The van der Waals surface area contributed by atoms with Gasteiger partial charge in [-0.05, 0) is 46.3 Å². The zero-order valence-corrected chi connectivity index (χ0v) is 12.3. The number of benzene rings is 2. The molecule has 0 saturated heterocycles. The summed E-state index contributed by atoms with van der Waals surface area (Å²) in [6, 6.07) is 10.0. The van der Waals surface area contributed by atoms with E-state index in [4.69, 9.17) is 15.6 Å². The van der Waals surface area contributed by atoms with Crippen molar-refractivity contribution in [2.45, 2.75) is 0 Å². The molecular weight excluding hydrogens is 324 g/mol. The van der Waals surface area contributed by atoms with Gasteiger partial charge in [-0.25, -0.2) is 4.79 Å². The molecule has 0 fully saturated rings. The second-order valence-electron chi connectivity index (χ2n) is 4.08. The number of hydrogen-bond donors (Lipinski definition) is 3. The smallest absolute Gasteiger partial charge is 0.335 e. The predicted molar refractivity (Wildman–Crippen MR) is 81.8 cm³/mol. The monoisotopic (exact) mass is 336 g/mol. The van der Waals surface area contributed by atoms with Crippen LogP contribution in [-0.4, -0.2) is 18.2 Å². The van der Waals surface area contributed by atoms with Gasteiger partial charge >= 0.3 is 5.97 Å².